The number of nitrogens with one attached hydrogen (secondary N) is 2. The molecular formula is C19H18F2N2O3. The van der Waals surface area contributed by atoms with Crippen LogP contribution < -0.4 is 10.6 Å². The molecule has 2 aromatic carbocycles. The topological polar surface area (TPSA) is 75.3 Å². The number of ketones is 1. The van der Waals surface area contributed by atoms with Crippen LogP contribution in [0.2, 0.25) is 0 Å². The number of rotatable bonds is 5. The second-order valence-corrected chi connectivity index (χ2v) is 6.27. The molecule has 0 unspecified atom stereocenters. The predicted octanol–water partition coefficient (Wildman–Crippen LogP) is 3.77. The van der Waals surface area contributed by atoms with Crippen molar-refractivity contribution >= 4 is 29.0 Å². The third-order valence-corrected chi connectivity index (χ3v) is 3.86. The third kappa shape index (κ3) is 4.11. The van der Waals surface area contributed by atoms with Gasteiger partial charge in [-0.05, 0) is 45.0 Å². The molecule has 0 radical (unpaired) electrons. The minimum Gasteiger partial charge on any atom is -0.325 e. The van der Waals surface area contributed by atoms with Gasteiger partial charge in [0.25, 0.3) is 0 Å². The average molecular weight is 360 g/mol. The van der Waals surface area contributed by atoms with Crippen LogP contribution in [0.15, 0.2) is 42.5 Å². The van der Waals surface area contributed by atoms with Gasteiger partial charge >= 0.3 is 0 Å². The fourth-order valence-corrected chi connectivity index (χ4v) is 2.09. The molecular weight excluding hydrogens is 342 g/mol. The van der Waals surface area contributed by atoms with Crippen LogP contribution in [-0.4, -0.2) is 17.6 Å². The fourth-order valence-electron chi connectivity index (χ4n) is 2.09. The van der Waals surface area contributed by atoms with Crippen molar-refractivity contribution in [2.24, 2.45) is 5.41 Å². The molecule has 0 spiro atoms. The first-order valence-corrected chi connectivity index (χ1v) is 7.81. The van der Waals surface area contributed by atoms with Gasteiger partial charge < -0.3 is 10.6 Å². The molecule has 0 aliphatic heterocycles. The van der Waals surface area contributed by atoms with E-state index in [1.807, 2.05) is 0 Å². The van der Waals surface area contributed by atoms with Crippen molar-refractivity contribution in [1.29, 1.82) is 0 Å². The first-order chi connectivity index (χ1) is 12.1. The standard InChI is InChI=1S/C19H18F2N2O3/c1-11(24)12-6-4-7-13(10-12)22-17(25)19(2,3)18(26)23-16-14(20)8-5-9-15(16)21/h4-10H,1-3H3,(H,22,25)(H,23,26). The summed E-state index contributed by atoms with van der Waals surface area (Å²) in [7, 11) is 0. The van der Waals surface area contributed by atoms with Crippen molar-refractivity contribution in [3.8, 4) is 0 Å². The van der Waals surface area contributed by atoms with E-state index in [0.29, 0.717) is 11.3 Å². The molecule has 2 N–H and O–H groups in total. The number of halogens is 2. The van der Waals surface area contributed by atoms with Crippen molar-refractivity contribution in [3.63, 3.8) is 0 Å². The zero-order valence-corrected chi connectivity index (χ0v) is 14.5. The zero-order chi connectivity index (χ0) is 19.5. The summed E-state index contributed by atoms with van der Waals surface area (Å²) in [6, 6.07) is 9.39. The molecule has 5 nitrogen and oxygen atoms in total. The lowest BCUT2D eigenvalue weighted by Crippen LogP contribution is -2.42. The Kier molecular flexibility index (Phi) is 5.50. The molecule has 2 rings (SSSR count). The highest BCUT2D eigenvalue weighted by Gasteiger charge is 2.37. The number of anilines is 2. The minimum atomic E-state index is -1.62. The Hall–Kier alpha value is -3.09. The number of carbonyl (C=O) groups is 3. The summed E-state index contributed by atoms with van der Waals surface area (Å²) >= 11 is 0. The second-order valence-electron chi connectivity index (χ2n) is 6.27. The Bertz CT molecular complexity index is 859. The largest absolute Gasteiger partial charge is 0.325 e. The van der Waals surface area contributed by atoms with E-state index in [4.69, 9.17) is 0 Å². The van der Waals surface area contributed by atoms with Crippen LogP contribution in [0, 0.1) is 17.0 Å². The van der Waals surface area contributed by atoms with Crippen molar-refractivity contribution in [1.82, 2.24) is 0 Å². The molecule has 0 heterocycles. The fraction of sp³-hybridized carbons (Fsp3) is 0.211. The van der Waals surface area contributed by atoms with Crippen LogP contribution in [0.4, 0.5) is 20.2 Å². The highest BCUT2D eigenvalue weighted by atomic mass is 19.1. The van der Waals surface area contributed by atoms with Gasteiger partial charge in [0.15, 0.2) is 5.78 Å². The maximum absolute atomic E-state index is 13.7. The molecule has 0 saturated carbocycles. The molecule has 7 heteroatoms. The van der Waals surface area contributed by atoms with Gasteiger partial charge in [-0.15, -0.1) is 0 Å². The van der Waals surface area contributed by atoms with Gasteiger partial charge in [-0.2, -0.15) is 0 Å². The lowest BCUT2D eigenvalue weighted by atomic mass is 9.90. The van der Waals surface area contributed by atoms with Crippen LogP contribution >= 0.6 is 0 Å². The van der Waals surface area contributed by atoms with Crippen LogP contribution in [0.3, 0.4) is 0 Å². The first kappa shape index (κ1) is 19.2. The highest BCUT2D eigenvalue weighted by molar-refractivity contribution is 6.14. The lowest BCUT2D eigenvalue weighted by molar-refractivity contribution is -0.135. The molecule has 0 saturated heterocycles. The molecule has 0 aliphatic carbocycles. The Morgan fingerprint density at radius 3 is 2.00 bits per heavy atom. The van der Waals surface area contributed by atoms with Crippen LogP contribution in [0.25, 0.3) is 0 Å². The maximum Gasteiger partial charge on any atom is 0.239 e. The smallest absolute Gasteiger partial charge is 0.239 e. The van der Waals surface area contributed by atoms with Crippen LogP contribution in [0.1, 0.15) is 31.1 Å². The van der Waals surface area contributed by atoms with E-state index in [9.17, 15) is 23.2 Å². The van der Waals surface area contributed by atoms with E-state index in [0.717, 1.165) is 12.1 Å². The van der Waals surface area contributed by atoms with Gasteiger partial charge in [0.1, 0.15) is 22.7 Å². The van der Waals surface area contributed by atoms with Crippen molar-refractivity contribution in [2.75, 3.05) is 10.6 Å². The number of hydrogen-bond acceptors (Lipinski definition) is 3. The van der Waals surface area contributed by atoms with Gasteiger partial charge in [0.05, 0.1) is 0 Å². The molecule has 26 heavy (non-hydrogen) atoms. The van der Waals surface area contributed by atoms with Gasteiger partial charge in [0.2, 0.25) is 11.8 Å². The van der Waals surface area contributed by atoms with Gasteiger partial charge in [-0.25, -0.2) is 8.78 Å². The number of amides is 2. The number of benzene rings is 2. The van der Waals surface area contributed by atoms with E-state index in [2.05, 4.69) is 10.6 Å². The third-order valence-electron chi connectivity index (χ3n) is 3.86. The Balaban J connectivity index is 2.18. The summed E-state index contributed by atoms with van der Waals surface area (Å²) in [5.74, 6) is -3.62. The van der Waals surface area contributed by atoms with Crippen LogP contribution in [0.5, 0.6) is 0 Å². The second kappa shape index (κ2) is 7.43. The van der Waals surface area contributed by atoms with E-state index in [-0.39, 0.29) is 5.78 Å². The molecule has 2 amide bonds. The highest BCUT2D eigenvalue weighted by Crippen LogP contribution is 2.24. The van der Waals surface area contributed by atoms with Crippen molar-refractivity contribution in [3.05, 3.63) is 59.7 Å². The van der Waals surface area contributed by atoms with E-state index >= 15 is 0 Å². The summed E-state index contributed by atoms with van der Waals surface area (Å²) in [6.07, 6.45) is 0. The van der Waals surface area contributed by atoms with Crippen molar-refractivity contribution in [2.45, 2.75) is 20.8 Å². The number of carbonyl (C=O) groups excluding carboxylic acids is 3. The van der Waals surface area contributed by atoms with Gasteiger partial charge in [0, 0.05) is 11.3 Å². The minimum absolute atomic E-state index is 0.173. The van der Waals surface area contributed by atoms with E-state index < -0.39 is 34.6 Å². The quantitative estimate of drug-likeness (QED) is 0.630. The number of Topliss-reactive ketones (excluding diaryl/α,β-unsaturated/α-hetero) is 1. The molecule has 136 valence electrons. The summed E-state index contributed by atoms with van der Waals surface area (Å²) in [5.41, 5.74) is -1.50. The normalized spacial score (nSPS) is 11.0. The Morgan fingerprint density at radius 2 is 1.42 bits per heavy atom. The number of hydrogen-bond donors (Lipinski definition) is 2. The molecule has 0 fully saturated rings. The Labute approximate surface area is 149 Å². The average Bonchev–Trinajstić information content (AvgIpc) is 2.58. The Morgan fingerprint density at radius 1 is 0.885 bits per heavy atom. The van der Waals surface area contributed by atoms with E-state index in [1.165, 1.54) is 32.9 Å². The molecule has 0 bridgehead atoms. The molecule has 0 aliphatic rings. The summed E-state index contributed by atoms with van der Waals surface area (Å²) in [4.78, 5) is 36.3. The molecule has 0 aromatic heterocycles. The van der Waals surface area contributed by atoms with E-state index in [1.54, 1.807) is 18.2 Å². The van der Waals surface area contributed by atoms with Gasteiger partial charge in [-0.1, -0.05) is 18.2 Å². The summed E-state index contributed by atoms with van der Waals surface area (Å²) in [6.45, 7) is 4.04. The molecule has 0 atom stereocenters. The lowest BCUT2D eigenvalue weighted by Gasteiger charge is -2.23. The first-order valence-electron chi connectivity index (χ1n) is 7.81. The summed E-state index contributed by atoms with van der Waals surface area (Å²) < 4.78 is 27.4. The molecule has 2 aromatic rings. The summed E-state index contributed by atoms with van der Waals surface area (Å²) in [5, 5.41) is 4.65. The van der Waals surface area contributed by atoms with Crippen LogP contribution in [-0.2, 0) is 9.59 Å². The zero-order valence-electron chi connectivity index (χ0n) is 14.5. The SMILES string of the molecule is CC(=O)c1cccc(NC(=O)C(C)(C)C(=O)Nc2c(F)cccc2F)c1. The van der Waals surface area contributed by atoms with Crippen molar-refractivity contribution < 1.29 is 23.2 Å². The number of para-hydroxylation sites is 1. The monoisotopic (exact) mass is 360 g/mol. The van der Waals surface area contributed by atoms with Gasteiger partial charge in [-0.3, -0.25) is 14.4 Å². The predicted molar refractivity (Wildman–Crippen MR) is 93.8 cm³/mol. The maximum atomic E-state index is 13.7.